The fourth-order valence-electron chi connectivity index (χ4n) is 2.18. The molecule has 1 saturated heterocycles. The molecule has 8 heteroatoms. The Bertz CT molecular complexity index is 545. The van der Waals surface area contributed by atoms with Gasteiger partial charge < -0.3 is 15.3 Å². The largest absolute Gasteiger partial charge is 0.465 e. The van der Waals surface area contributed by atoms with Gasteiger partial charge in [-0.05, 0) is 20.8 Å². The second-order valence-electron chi connectivity index (χ2n) is 6.38. The summed E-state index contributed by atoms with van der Waals surface area (Å²) in [7, 11) is 0. The standard InChI is InChI=1S/C14H22N4O3S/c1-14(2,3)16-12(19)10-9-22-11(15-10)8-17-4-6-18(7-5-17)13(20)21/h9H,4-8H2,1-3H3,(H,16,19)(H,20,21). The predicted octanol–water partition coefficient (Wildman–Crippen LogP) is 1.47. The number of nitrogens with zero attached hydrogens (tertiary/aromatic N) is 3. The molecule has 1 aliphatic rings. The first-order valence-electron chi connectivity index (χ1n) is 7.22. The molecule has 2 heterocycles. The molecule has 0 aliphatic carbocycles. The quantitative estimate of drug-likeness (QED) is 0.878. The first kappa shape index (κ1) is 16.7. The highest BCUT2D eigenvalue weighted by atomic mass is 32.1. The van der Waals surface area contributed by atoms with Crippen LogP contribution < -0.4 is 5.32 Å². The maximum Gasteiger partial charge on any atom is 0.407 e. The molecule has 2 amide bonds. The molecule has 2 rings (SSSR count). The maximum absolute atomic E-state index is 12.0. The first-order valence-corrected chi connectivity index (χ1v) is 8.10. The van der Waals surface area contributed by atoms with Crippen LogP contribution in [0.2, 0.25) is 0 Å². The average Bonchev–Trinajstić information content (AvgIpc) is 2.86. The highest BCUT2D eigenvalue weighted by Crippen LogP contribution is 2.15. The third-order valence-electron chi connectivity index (χ3n) is 3.27. The topological polar surface area (TPSA) is 85.8 Å². The van der Waals surface area contributed by atoms with E-state index >= 15 is 0 Å². The van der Waals surface area contributed by atoms with Gasteiger partial charge in [-0.25, -0.2) is 9.78 Å². The van der Waals surface area contributed by atoms with Gasteiger partial charge in [-0.2, -0.15) is 0 Å². The van der Waals surface area contributed by atoms with Gasteiger partial charge in [-0.15, -0.1) is 11.3 Å². The Kier molecular flexibility index (Phi) is 5.02. The molecule has 7 nitrogen and oxygen atoms in total. The molecule has 1 aliphatic heterocycles. The molecule has 2 N–H and O–H groups in total. The van der Waals surface area contributed by atoms with Gasteiger partial charge in [0.1, 0.15) is 10.7 Å². The van der Waals surface area contributed by atoms with Gasteiger partial charge in [0.05, 0.1) is 6.54 Å². The summed E-state index contributed by atoms with van der Waals surface area (Å²) >= 11 is 1.46. The molecule has 1 fully saturated rings. The number of aromatic nitrogens is 1. The first-order chi connectivity index (χ1) is 10.2. The van der Waals surface area contributed by atoms with Gasteiger partial charge >= 0.3 is 6.09 Å². The fraction of sp³-hybridized carbons (Fsp3) is 0.643. The minimum absolute atomic E-state index is 0.161. The van der Waals surface area contributed by atoms with Crippen molar-refractivity contribution < 1.29 is 14.7 Å². The van der Waals surface area contributed by atoms with Crippen molar-refractivity contribution in [3.8, 4) is 0 Å². The monoisotopic (exact) mass is 326 g/mol. The Morgan fingerprint density at radius 1 is 1.32 bits per heavy atom. The van der Waals surface area contributed by atoms with E-state index in [0.717, 1.165) is 5.01 Å². The number of carbonyl (C=O) groups is 2. The number of carbonyl (C=O) groups excluding carboxylic acids is 1. The molecule has 1 aromatic heterocycles. The SMILES string of the molecule is CC(C)(C)NC(=O)c1csc(CN2CCN(C(=O)O)CC2)n1. The molecule has 122 valence electrons. The van der Waals surface area contributed by atoms with Crippen molar-refractivity contribution in [1.29, 1.82) is 0 Å². The van der Waals surface area contributed by atoms with E-state index in [1.165, 1.54) is 16.2 Å². The summed E-state index contributed by atoms with van der Waals surface area (Å²) in [4.78, 5) is 30.8. The van der Waals surface area contributed by atoms with Crippen LogP contribution in [0.5, 0.6) is 0 Å². The lowest BCUT2D eigenvalue weighted by molar-refractivity contribution is 0.0912. The van der Waals surface area contributed by atoms with Crippen LogP contribution >= 0.6 is 11.3 Å². The van der Waals surface area contributed by atoms with Crippen LogP contribution in [0.15, 0.2) is 5.38 Å². The average molecular weight is 326 g/mol. The van der Waals surface area contributed by atoms with Crippen LogP contribution in [-0.2, 0) is 6.54 Å². The van der Waals surface area contributed by atoms with Gasteiger partial charge in [0.25, 0.3) is 5.91 Å². The molecule has 0 spiro atoms. The maximum atomic E-state index is 12.0. The lowest BCUT2D eigenvalue weighted by atomic mass is 10.1. The molecule has 0 radical (unpaired) electrons. The van der Waals surface area contributed by atoms with Crippen molar-refractivity contribution >= 4 is 23.3 Å². The Hall–Kier alpha value is -1.67. The fourth-order valence-corrected chi connectivity index (χ4v) is 3.00. The second-order valence-corrected chi connectivity index (χ2v) is 7.32. The van der Waals surface area contributed by atoms with Crippen LogP contribution in [0.25, 0.3) is 0 Å². The summed E-state index contributed by atoms with van der Waals surface area (Å²) in [5, 5.41) is 14.5. The lowest BCUT2D eigenvalue weighted by Gasteiger charge is -2.32. The number of carboxylic acid groups (broad SMARTS) is 1. The van der Waals surface area contributed by atoms with E-state index in [0.29, 0.717) is 38.4 Å². The van der Waals surface area contributed by atoms with Gasteiger partial charge in [0.15, 0.2) is 0 Å². The molecule has 0 aromatic carbocycles. The van der Waals surface area contributed by atoms with Crippen LogP contribution in [0.4, 0.5) is 4.79 Å². The van der Waals surface area contributed by atoms with Crippen LogP contribution in [-0.4, -0.2) is 63.6 Å². The van der Waals surface area contributed by atoms with E-state index in [-0.39, 0.29) is 11.4 Å². The van der Waals surface area contributed by atoms with Crippen molar-refractivity contribution in [2.24, 2.45) is 0 Å². The highest BCUT2D eigenvalue weighted by molar-refractivity contribution is 7.09. The third-order valence-corrected chi connectivity index (χ3v) is 4.11. The van der Waals surface area contributed by atoms with E-state index < -0.39 is 6.09 Å². The zero-order valence-electron chi connectivity index (χ0n) is 13.1. The Morgan fingerprint density at radius 3 is 2.50 bits per heavy atom. The zero-order chi connectivity index (χ0) is 16.3. The minimum Gasteiger partial charge on any atom is -0.465 e. The Labute approximate surface area is 133 Å². The number of nitrogens with one attached hydrogen (secondary N) is 1. The number of hydrogen-bond donors (Lipinski definition) is 2. The van der Waals surface area contributed by atoms with Gasteiger partial charge in [0, 0.05) is 37.1 Å². The molecule has 0 atom stereocenters. The summed E-state index contributed by atoms with van der Waals surface area (Å²) in [6, 6.07) is 0. The summed E-state index contributed by atoms with van der Waals surface area (Å²) in [5.41, 5.74) is 0.160. The van der Waals surface area contributed by atoms with Crippen LogP contribution in [0.3, 0.4) is 0 Å². The number of thiazole rings is 1. The van der Waals surface area contributed by atoms with Crippen molar-refractivity contribution in [2.45, 2.75) is 32.9 Å². The summed E-state index contributed by atoms with van der Waals surface area (Å²) in [6.07, 6.45) is -0.866. The molecule has 0 unspecified atom stereocenters. The molecule has 22 heavy (non-hydrogen) atoms. The normalized spacial score (nSPS) is 16.6. The number of hydrogen-bond acceptors (Lipinski definition) is 5. The smallest absolute Gasteiger partial charge is 0.407 e. The third kappa shape index (κ3) is 4.67. The van der Waals surface area contributed by atoms with Crippen molar-refractivity contribution in [1.82, 2.24) is 20.1 Å². The van der Waals surface area contributed by atoms with E-state index in [9.17, 15) is 9.59 Å². The Morgan fingerprint density at radius 2 is 1.95 bits per heavy atom. The Balaban J connectivity index is 1.88. The van der Waals surface area contributed by atoms with Crippen LogP contribution in [0, 0.1) is 0 Å². The molecular weight excluding hydrogens is 304 g/mol. The zero-order valence-corrected chi connectivity index (χ0v) is 13.9. The van der Waals surface area contributed by atoms with Gasteiger partial charge in [-0.3, -0.25) is 9.69 Å². The summed E-state index contributed by atoms with van der Waals surface area (Å²) < 4.78 is 0. The van der Waals surface area contributed by atoms with Gasteiger partial charge in [-0.1, -0.05) is 0 Å². The van der Waals surface area contributed by atoms with E-state index in [2.05, 4.69) is 15.2 Å². The van der Waals surface area contributed by atoms with Crippen molar-refractivity contribution in [3.05, 3.63) is 16.1 Å². The molecule has 0 bridgehead atoms. The van der Waals surface area contributed by atoms with Crippen LogP contribution in [0.1, 0.15) is 36.3 Å². The highest BCUT2D eigenvalue weighted by Gasteiger charge is 2.22. The molecule has 0 saturated carbocycles. The predicted molar refractivity (Wildman–Crippen MR) is 84.2 cm³/mol. The van der Waals surface area contributed by atoms with Crippen molar-refractivity contribution in [2.75, 3.05) is 26.2 Å². The van der Waals surface area contributed by atoms with Gasteiger partial charge in [0.2, 0.25) is 0 Å². The number of amides is 2. The second kappa shape index (κ2) is 6.62. The lowest BCUT2D eigenvalue weighted by Crippen LogP contribution is -2.47. The number of rotatable bonds is 3. The van der Waals surface area contributed by atoms with E-state index in [4.69, 9.17) is 5.11 Å². The number of piperazine rings is 1. The summed E-state index contributed by atoms with van der Waals surface area (Å²) in [5.74, 6) is -0.161. The molecule has 1 aromatic rings. The van der Waals surface area contributed by atoms with E-state index in [1.807, 2.05) is 20.8 Å². The van der Waals surface area contributed by atoms with Crippen molar-refractivity contribution in [3.63, 3.8) is 0 Å². The van der Waals surface area contributed by atoms with E-state index in [1.54, 1.807) is 5.38 Å². The summed E-state index contributed by atoms with van der Waals surface area (Å²) in [6.45, 7) is 8.85. The minimum atomic E-state index is -0.866. The molecular formula is C14H22N4O3S.